The van der Waals surface area contributed by atoms with Gasteiger partial charge in [0.15, 0.2) is 0 Å². The third-order valence-corrected chi connectivity index (χ3v) is 3.64. The van der Waals surface area contributed by atoms with Crippen LogP contribution in [-0.4, -0.2) is 23.5 Å². The number of carbonyl (C=O) groups excluding carboxylic acids is 2. The summed E-state index contributed by atoms with van der Waals surface area (Å²) in [6, 6.07) is 11.6. The van der Waals surface area contributed by atoms with E-state index in [9.17, 15) is 9.59 Å². The Bertz CT molecular complexity index is 896. The fraction of sp³-hybridized carbons (Fsp3) is 0.222. The minimum absolute atomic E-state index is 0.0964. The van der Waals surface area contributed by atoms with Gasteiger partial charge in [0.2, 0.25) is 5.91 Å². The molecule has 0 aliphatic carbocycles. The molecule has 118 valence electrons. The Morgan fingerprint density at radius 2 is 1.91 bits per heavy atom. The van der Waals surface area contributed by atoms with Crippen LogP contribution in [0, 0.1) is 0 Å². The van der Waals surface area contributed by atoms with E-state index < -0.39 is 0 Å². The van der Waals surface area contributed by atoms with E-state index in [1.807, 2.05) is 36.4 Å². The molecule has 1 heterocycles. The van der Waals surface area contributed by atoms with Crippen molar-refractivity contribution >= 4 is 39.4 Å². The molecular formula is C18H18N2O3. The second-order valence-electron chi connectivity index (χ2n) is 5.43. The number of ether oxygens (including phenoxy) is 1. The van der Waals surface area contributed by atoms with Crippen LogP contribution in [0.1, 0.15) is 19.4 Å². The highest BCUT2D eigenvalue weighted by Gasteiger charge is 2.09. The van der Waals surface area contributed by atoms with Crippen molar-refractivity contribution in [2.75, 3.05) is 11.9 Å². The van der Waals surface area contributed by atoms with E-state index in [1.165, 1.54) is 6.92 Å². The van der Waals surface area contributed by atoms with Crippen molar-refractivity contribution in [2.45, 2.75) is 20.3 Å². The molecule has 5 heteroatoms. The first-order chi connectivity index (χ1) is 11.1. The van der Waals surface area contributed by atoms with Crippen molar-refractivity contribution in [3.8, 4) is 0 Å². The standard InChI is InChI=1S/C18H18N2O3/c1-3-23-18(22)9-12-4-6-14-15-10-13(19-11(2)21)5-7-16(15)20-17(14)8-12/h4-8,10,20H,3,9H2,1-2H3,(H,19,21). The molecule has 1 amide bonds. The number of aromatic nitrogens is 1. The van der Waals surface area contributed by atoms with Gasteiger partial charge in [0.25, 0.3) is 0 Å². The molecule has 2 aromatic carbocycles. The number of hydrogen-bond donors (Lipinski definition) is 2. The zero-order chi connectivity index (χ0) is 16.4. The first-order valence-electron chi connectivity index (χ1n) is 7.54. The van der Waals surface area contributed by atoms with Gasteiger partial charge in [-0.15, -0.1) is 0 Å². The maximum atomic E-state index is 11.6. The maximum Gasteiger partial charge on any atom is 0.310 e. The van der Waals surface area contributed by atoms with Crippen molar-refractivity contribution in [3.63, 3.8) is 0 Å². The molecule has 0 aliphatic rings. The molecule has 0 unspecified atom stereocenters. The summed E-state index contributed by atoms with van der Waals surface area (Å²) >= 11 is 0. The number of hydrogen-bond acceptors (Lipinski definition) is 3. The van der Waals surface area contributed by atoms with Crippen LogP contribution in [0.3, 0.4) is 0 Å². The summed E-state index contributed by atoms with van der Waals surface area (Å²) in [4.78, 5) is 26.1. The molecule has 23 heavy (non-hydrogen) atoms. The predicted molar refractivity (Wildman–Crippen MR) is 90.4 cm³/mol. The van der Waals surface area contributed by atoms with Gasteiger partial charge in [-0.3, -0.25) is 9.59 Å². The van der Waals surface area contributed by atoms with Crippen LogP contribution in [0.15, 0.2) is 36.4 Å². The van der Waals surface area contributed by atoms with Gasteiger partial charge in [-0.1, -0.05) is 12.1 Å². The van der Waals surface area contributed by atoms with Gasteiger partial charge in [-0.25, -0.2) is 0 Å². The number of fused-ring (bicyclic) bond motifs is 3. The third kappa shape index (κ3) is 3.18. The van der Waals surface area contributed by atoms with Gasteiger partial charge in [0.05, 0.1) is 13.0 Å². The fourth-order valence-corrected chi connectivity index (χ4v) is 2.72. The van der Waals surface area contributed by atoms with E-state index in [2.05, 4.69) is 10.3 Å². The topological polar surface area (TPSA) is 71.2 Å². The second kappa shape index (κ2) is 6.12. The highest BCUT2D eigenvalue weighted by molar-refractivity contribution is 6.09. The Hall–Kier alpha value is -2.82. The summed E-state index contributed by atoms with van der Waals surface area (Å²) in [5.74, 6) is -0.322. The number of nitrogens with one attached hydrogen (secondary N) is 2. The Morgan fingerprint density at radius 3 is 2.65 bits per heavy atom. The van der Waals surface area contributed by atoms with E-state index in [1.54, 1.807) is 6.92 Å². The summed E-state index contributed by atoms with van der Waals surface area (Å²) in [5.41, 5.74) is 3.62. The summed E-state index contributed by atoms with van der Waals surface area (Å²) in [5, 5.41) is 4.88. The minimum Gasteiger partial charge on any atom is -0.466 e. The van der Waals surface area contributed by atoms with E-state index >= 15 is 0 Å². The molecule has 0 spiro atoms. The van der Waals surface area contributed by atoms with Crippen LogP contribution in [0.2, 0.25) is 0 Å². The zero-order valence-corrected chi connectivity index (χ0v) is 13.1. The largest absolute Gasteiger partial charge is 0.466 e. The van der Waals surface area contributed by atoms with Crippen molar-refractivity contribution in [1.82, 2.24) is 4.98 Å². The normalized spacial score (nSPS) is 10.9. The van der Waals surface area contributed by atoms with Crippen molar-refractivity contribution in [2.24, 2.45) is 0 Å². The van der Waals surface area contributed by atoms with Crippen LogP contribution in [0.4, 0.5) is 5.69 Å². The predicted octanol–water partition coefficient (Wildman–Crippen LogP) is 3.39. The summed E-state index contributed by atoms with van der Waals surface area (Å²) in [6.07, 6.45) is 0.260. The van der Waals surface area contributed by atoms with E-state index in [0.29, 0.717) is 6.61 Å². The number of benzene rings is 2. The zero-order valence-electron chi connectivity index (χ0n) is 13.1. The average molecular weight is 310 g/mol. The summed E-state index contributed by atoms with van der Waals surface area (Å²) in [6.45, 7) is 3.67. The smallest absolute Gasteiger partial charge is 0.310 e. The van der Waals surface area contributed by atoms with E-state index in [-0.39, 0.29) is 18.3 Å². The molecule has 0 aliphatic heterocycles. The molecule has 5 nitrogen and oxygen atoms in total. The summed E-state index contributed by atoms with van der Waals surface area (Å²) < 4.78 is 4.98. The van der Waals surface area contributed by atoms with Gasteiger partial charge >= 0.3 is 5.97 Å². The number of anilines is 1. The third-order valence-electron chi connectivity index (χ3n) is 3.64. The van der Waals surface area contributed by atoms with Crippen molar-refractivity contribution in [3.05, 3.63) is 42.0 Å². The Kier molecular flexibility index (Phi) is 4.02. The fourth-order valence-electron chi connectivity index (χ4n) is 2.72. The Balaban J connectivity index is 1.99. The lowest BCUT2D eigenvalue weighted by Crippen LogP contribution is -2.07. The van der Waals surface area contributed by atoms with Gasteiger partial charge in [0.1, 0.15) is 0 Å². The Labute approximate surface area is 133 Å². The van der Waals surface area contributed by atoms with Crippen LogP contribution in [-0.2, 0) is 20.7 Å². The number of carbonyl (C=O) groups is 2. The van der Waals surface area contributed by atoms with Crippen LogP contribution >= 0.6 is 0 Å². The highest BCUT2D eigenvalue weighted by atomic mass is 16.5. The monoisotopic (exact) mass is 310 g/mol. The number of amides is 1. The Morgan fingerprint density at radius 1 is 1.09 bits per heavy atom. The van der Waals surface area contributed by atoms with Gasteiger partial charge in [-0.2, -0.15) is 0 Å². The quantitative estimate of drug-likeness (QED) is 0.726. The van der Waals surface area contributed by atoms with Crippen LogP contribution in [0.5, 0.6) is 0 Å². The van der Waals surface area contributed by atoms with Crippen molar-refractivity contribution < 1.29 is 14.3 Å². The molecule has 3 rings (SSSR count). The minimum atomic E-state index is -0.226. The van der Waals surface area contributed by atoms with E-state index in [0.717, 1.165) is 33.1 Å². The average Bonchev–Trinajstić information content (AvgIpc) is 2.84. The lowest BCUT2D eigenvalue weighted by atomic mass is 10.1. The molecule has 0 fully saturated rings. The van der Waals surface area contributed by atoms with E-state index in [4.69, 9.17) is 4.74 Å². The van der Waals surface area contributed by atoms with Crippen LogP contribution in [0.25, 0.3) is 21.8 Å². The van der Waals surface area contributed by atoms with Gasteiger partial charge < -0.3 is 15.0 Å². The molecule has 0 saturated heterocycles. The SMILES string of the molecule is CCOC(=O)Cc1ccc2c(c1)[nH]c1ccc(NC(C)=O)cc12. The first-order valence-corrected chi connectivity index (χ1v) is 7.54. The number of rotatable bonds is 4. The first kappa shape index (κ1) is 15.1. The molecule has 3 aromatic rings. The van der Waals surface area contributed by atoms with Gasteiger partial charge in [-0.05, 0) is 36.8 Å². The maximum absolute atomic E-state index is 11.6. The van der Waals surface area contributed by atoms with Crippen molar-refractivity contribution in [1.29, 1.82) is 0 Å². The molecule has 0 atom stereocenters. The number of esters is 1. The molecular weight excluding hydrogens is 292 g/mol. The lowest BCUT2D eigenvalue weighted by molar-refractivity contribution is -0.142. The molecule has 0 radical (unpaired) electrons. The van der Waals surface area contributed by atoms with Crippen LogP contribution < -0.4 is 5.32 Å². The number of H-pyrrole nitrogens is 1. The summed E-state index contributed by atoms with van der Waals surface area (Å²) in [7, 11) is 0. The molecule has 0 bridgehead atoms. The molecule has 2 N–H and O–H groups in total. The lowest BCUT2D eigenvalue weighted by Gasteiger charge is -2.03. The molecule has 1 aromatic heterocycles. The number of aromatic amines is 1. The highest BCUT2D eigenvalue weighted by Crippen LogP contribution is 2.28. The van der Waals surface area contributed by atoms with Gasteiger partial charge in [0, 0.05) is 34.4 Å². The molecule has 0 saturated carbocycles. The second-order valence-corrected chi connectivity index (χ2v) is 5.43.